The van der Waals surface area contributed by atoms with E-state index >= 15 is 0 Å². The number of rotatable bonds is 5. The molecular formula is C22H35N5O. The first kappa shape index (κ1) is 19.6. The first-order valence-corrected chi connectivity index (χ1v) is 11.2. The van der Waals surface area contributed by atoms with Crippen molar-refractivity contribution in [1.29, 1.82) is 0 Å². The predicted molar refractivity (Wildman–Crippen MR) is 113 cm³/mol. The summed E-state index contributed by atoms with van der Waals surface area (Å²) in [6.45, 7) is 8.98. The molecule has 154 valence electrons. The first-order chi connectivity index (χ1) is 13.8. The van der Waals surface area contributed by atoms with Gasteiger partial charge in [0.1, 0.15) is 5.82 Å². The van der Waals surface area contributed by atoms with Crippen molar-refractivity contribution in [1.82, 2.24) is 19.7 Å². The van der Waals surface area contributed by atoms with Crippen molar-refractivity contribution in [3.8, 4) is 0 Å². The van der Waals surface area contributed by atoms with Crippen LogP contribution in [0, 0.1) is 0 Å². The van der Waals surface area contributed by atoms with Gasteiger partial charge in [0.25, 0.3) is 0 Å². The minimum atomic E-state index is 0.317. The highest BCUT2D eigenvalue weighted by Crippen LogP contribution is 2.24. The fourth-order valence-corrected chi connectivity index (χ4v) is 4.99. The van der Waals surface area contributed by atoms with Crippen LogP contribution in [0.4, 0.5) is 5.82 Å². The molecule has 6 nitrogen and oxygen atoms in total. The lowest BCUT2D eigenvalue weighted by molar-refractivity contribution is -0.131. The van der Waals surface area contributed by atoms with E-state index in [1.54, 1.807) is 0 Å². The van der Waals surface area contributed by atoms with Crippen molar-refractivity contribution in [3.63, 3.8) is 0 Å². The Kier molecular flexibility index (Phi) is 6.81. The maximum Gasteiger partial charge on any atom is 0.223 e. The number of anilines is 1. The molecule has 3 heterocycles. The van der Waals surface area contributed by atoms with Crippen molar-refractivity contribution < 1.29 is 4.79 Å². The first-order valence-electron chi connectivity index (χ1n) is 11.2. The van der Waals surface area contributed by atoms with Crippen LogP contribution in [0.25, 0.3) is 0 Å². The molecule has 0 spiro atoms. The van der Waals surface area contributed by atoms with E-state index in [-0.39, 0.29) is 0 Å². The third-order valence-corrected chi connectivity index (χ3v) is 6.71. The molecule has 3 aliphatic rings. The van der Waals surface area contributed by atoms with Gasteiger partial charge >= 0.3 is 0 Å². The predicted octanol–water partition coefficient (Wildman–Crippen LogP) is 2.07. The second-order valence-electron chi connectivity index (χ2n) is 8.48. The molecule has 1 aliphatic carbocycles. The maximum atomic E-state index is 12.7. The summed E-state index contributed by atoms with van der Waals surface area (Å²) in [5.74, 6) is 1.34. The van der Waals surface area contributed by atoms with Gasteiger partial charge in [-0.3, -0.25) is 9.69 Å². The van der Waals surface area contributed by atoms with E-state index in [2.05, 4.69) is 19.7 Å². The average Bonchev–Trinajstić information content (AvgIpc) is 3.19. The van der Waals surface area contributed by atoms with Crippen molar-refractivity contribution in [2.24, 2.45) is 0 Å². The molecule has 3 fully saturated rings. The molecular weight excluding hydrogens is 350 g/mol. The van der Waals surface area contributed by atoms with Gasteiger partial charge in [-0.25, -0.2) is 4.98 Å². The van der Waals surface area contributed by atoms with E-state index in [1.165, 1.54) is 45.2 Å². The zero-order chi connectivity index (χ0) is 19.2. The smallest absolute Gasteiger partial charge is 0.223 e. The molecule has 0 N–H and O–H groups in total. The SMILES string of the molecule is O=C(CCN1CCCN(C2CCCC2)CC1)N1CCN(c2ccccn2)CC1. The van der Waals surface area contributed by atoms with Gasteiger partial charge in [-0.15, -0.1) is 0 Å². The van der Waals surface area contributed by atoms with Crippen LogP contribution in [0.15, 0.2) is 24.4 Å². The topological polar surface area (TPSA) is 42.9 Å². The number of nitrogens with zero attached hydrogens (tertiary/aromatic N) is 5. The van der Waals surface area contributed by atoms with Crippen molar-refractivity contribution in [2.75, 3.05) is 63.8 Å². The van der Waals surface area contributed by atoms with Gasteiger partial charge < -0.3 is 14.7 Å². The minimum Gasteiger partial charge on any atom is -0.353 e. The monoisotopic (exact) mass is 385 g/mol. The Morgan fingerprint density at radius 3 is 2.50 bits per heavy atom. The van der Waals surface area contributed by atoms with Gasteiger partial charge in [-0.2, -0.15) is 0 Å². The number of hydrogen-bond acceptors (Lipinski definition) is 5. The van der Waals surface area contributed by atoms with E-state index in [0.29, 0.717) is 12.3 Å². The van der Waals surface area contributed by atoms with Gasteiger partial charge in [0, 0.05) is 64.5 Å². The highest BCUT2D eigenvalue weighted by atomic mass is 16.2. The molecule has 2 aliphatic heterocycles. The summed E-state index contributed by atoms with van der Waals surface area (Å²) < 4.78 is 0. The second-order valence-corrected chi connectivity index (χ2v) is 8.48. The molecule has 6 heteroatoms. The van der Waals surface area contributed by atoms with Crippen LogP contribution in [-0.4, -0.2) is 90.5 Å². The Morgan fingerprint density at radius 2 is 1.75 bits per heavy atom. The van der Waals surface area contributed by atoms with E-state index in [9.17, 15) is 4.79 Å². The van der Waals surface area contributed by atoms with Crippen molar-refractivity contribution in [3.05, 3.63) is 24.4 Å². The third-order valence-electron chi connectivity index (χ3n) is 6.71. The molecule has 1 saturated carbocycles. The molecule has 0 unspecified atom stereocenters. The van der Waals surface area contributed by atoms with Crippen LogP contribution < -0.4 is 4.90 Å². The highest BCUT2D eigenvalue weighted by molar-refractivity contribution is 5.76. The normalized spacial score (nSPS) is 23.1. The van der Waals surface area contributed by atoms with E-state index in [4.69, 9.17) is 0 Å². The van der Waals surface area contributed by atoms with Crippen LogP contribution in [0.5, 0.6) is 0 Å². The Hall–Kier alpha value is -1.66. The summed E-state index contributed by atoms with van der Waals surface area (Å²) in [6, 6.07) is 6.84. The lowest BCUT2D eigenvalue weighted by atomic mass is 10.2. The molecule has 1 amide bonds. The van der Waals surface area contributed by atoms with Gasteiger partial charge in [-0.05, 0) is 44.5 Å². The maximum absolute atomic E-state index is 12.7. The molecule has 2 saturated heterocycles. The summed E-state index contributed by atoms with van der Waals surface area (Å²) in [5.41, 5.74) is 0. The van der Waals surface area contributed by atoms with E-state index in [0.717, 1.165) is 57.7 Å². The van der Waals surface area contributed by atoms with Gasteiger partial charge in [0.05, 0.1) is 0 Å². The fraction of sp³-hybridized carbons (Fsp3) is 0.727. The van der Waals surface area contributed by atoms with Gasteiger partial charge in [-0.1, -0.05) is 18.9 Å². The Balaban J connectivity index is 1.17. The third kappa shape index (κ3) is 5.03. The zero-order valence-electron chi connectivity index (χ0n) is 17.1. The Labute approximate surface area is 169 Å². The molecule has 0 atom stereocenters. The molecule has 0 radical (unpaired) electrons. The molecule has 4 rings (SSSR count). The summed E-state index contributed by atoms with van der Waals surface area (Å²) >= 11 is 0. The molecule has 0 aromatic carbocycles. The molecule has 1 aromatic heterocycles. The van der Waals surface area contributed by atoms with Crippen molar-refractivity contribution >= 4 is 11.7 Å². The van der Waals surface area contributed by atoms with Crippen LogP contribution in [-0.2, 0) is 4.79 Å². The number of carbonyl (C=O) groups excluding carboxylic acids is 1. The Bertz CT molecular complexity index is 611. The quantitative estimate of drug-likeness (QED) is 0.776. The average molecular weight is 386 g/mol. The summed E-state index contributed by atoms with van der Waals surface area (Å²) in [7, 11) is 0. The number of amides is 1. The number of pyridine rings is 1. The van der Waals surface area contributed by atoms with Crippen molar-refractivity contribution in [2.45, 2.75) is 44.6 Å². The van der Waals surface area contributed by atoms with E-state index in [1.807, 2.05) is 29.3 Å². The largest absolute Gasteiger partial charge is 0.353 e. The highest BCUT2D eigenvalue weighted by Gasteiger charge is 2.26. The van der Waals surface area contributed by atoms with Crippen LogP contribution in [0.2, 0.25) is 0 Å². The van der Waals surface area contributed by atoms with Gasteiger partial charge in [0.2, 0.25) is 5.91 Å². The molecule has 0 bridgehead atoms. The lowest BCUT2D eigenvalue weighted by Crippen LogP contribution is -2.49. The second kappa shape index (κ2) is 9.70. The minimum absolute atomic E-state index is 0.317. The summed E-state index contributed by atoms with van der Waals surface area (Å²) in [5, 5.41) is 0. The number of piperazine rings is 1. The number of hydrogen-bond donors (Lipinski definition) is 0. The lowest BCUT2D eigenvalue weighted by Gasteiger charge is -2.35. The zero-order valence-corrected chi connectivity index (χ0v) is 17.1. The van der Waals surface area contributed by atoms with Crippen LogP contribution in [0.1, 0.15) is 38.5 Å². The summed E-state index contributed by atoms with van der Waals surface area (Å²) in [4.78, 5) is 26.7. The van der Waals surface area contributed by atoms with Crippen LogP contribution in [0.3, 0.4) is 0 Å². The number of carbonyl (C=O) groups is 1. The molecule has 1 aromatic rings. The standard InChI is InChI=1S/C22H35N5O/c28-22(27-18-16-26(17-19-27)21-8-3-4-10-23-21)9-13-24-11-5-12-25(15-14-24)20-6-1-2-7-20/h3-4,8,10,20H,1-2,5-7,9,11-19H2. The Morgan fingerprint density at radius 1 is 0.929 bits per heavy atom. The number of aromatic nitrogens is 1. The molecule has 28 heavy (non-hydrogen) atoms. The van der Waals surface area contributed by atoms with Gasteiger partial charge in [0.15, 0.2) is 0 Å². The summed E-state index contributed by atoms with van der Waals surface area (Å²) in [6.07, 6.45) is 9.34. The fourth-order valence-electron chi connectivity index (χ4n) is 4.99. The van der Waals surface area contributed by atoms with Crippen LogP contribution >= 0.6 is 0 Å². The van der Waals surface area contributed by atoms with E-state index < -0.39 is 0 Å².